The van der Waals surface area contributed by atoms with Gasteiger partial charge in [0.1, 0.15) is 6.61 Å². The first kappa shape index (κ1) is 12.0. The molecule has 1 aliphatic rings. The highest BCUT2D eigenvalue weighted by Crippen LogP contribution is 2.31. The Balaban J connectivity index is 1.66. The lowest BCUT2D eigenvalue weighted by molar-refractivity contribution is 0.0960. The summed E-state index contributed by atoms with van der Waals surface area (Å²) in [6.07, 6.45) is -0.0370. The SMILES string of the molecule is CN(CC1COc2ccccc2O1)c1nnc(N)s1. The predicted octanol–water partition coefficient (Wildman–Crippen LogP) is 1.40. The number of nitrogens with zero attached hydrogens (tertiary/aromatic N) is 3. The fraction of sp³-hybridized carbons (Fsp3) is 0.333. The van der Waals surface area contributed by atoms with Crippen LogP contribution >= 0.6 is 11.3 Å². The van der Waals surface area contributed by atoms with E-state index in [1.807, 2.05) is 36.2 Å². The van der Waals surface area contributed by atoms with Crippen LogP contribution in [0.2, 0.25) is 0 Å². The lowest BCUT2D eigenvalue weighted by Gasteiger charge is -2.29. The topological polar surface area (TPSA) is 73.5 Å². The molecule has 0 fully saturated rings. The van der Waals surface area contributed by atoms with Crippen molar-refractivity contribution in [1.29, 1.82) is 0 Å². The molecular formula is C12H14N4O2S. The monoisotopic (exact) mass is 278 g/mol. The Kier molecular flexibility index (Phi) is 3.12. The van der Waals surface area contributed by atoms with Gasteiger partial charge in [-0.25, -0.2) is 0 Å². The van der Waals surface area contributed by atoms with E-state index in [0.29, 0.717) is 18.3 Å². The summed E-state index contributed by atoms with van der Waals surface area (Å²) in [5, 5.41) is 9.04. The van der Waals surface area contributed by atoms with Gasteiger partial charge in [-0.15, -0.1) is 10.2 Å². The van der Waals surface area contributed by atoms with Crippen LogP contribution in [-0.4, -0.2) is 36.5 Å². The summed E-state index contributed by atoms with van der Waals surface area (Å²) in [5.74, 6) is 1.57. The zero-order chi connectivity index (χ0) is 13.2. The maximum atomic E-state index is 5.89. The largest absolute Gasteiger partial charge is 0.486 e. The van der Waals surface area contributed by atoms with E-state index in [9.17, 15) is 0 Å². The molecule has 2 heterocycles. The van der Waals surface area contributed by atoms with Gasteiger partial charge in [0.25, 0.3) is 0 Å². The fourth-order valence-electron chi connectivity index (χ4n) is 1.92. The Morgan fingerprint density at radius 1 is 1.37 bits per heavy atom. The summed E-state index contributed by atoms with van der Waals surface area (Å²) in [4.78, 5) is 1.97. The number of aromatic nitrogens is 2. The maximum Gasteiger partial charge on any atom is 0.209 e. The Hall–Kier alpha value is -2.02. The normalized spacial score (nSPS) is 17.2. The molecule has 0 aliphatic carbocycles. The van der Waals surface area contributed by atoms with Crippen LogP contribution in [0.4, 0.5) is 10.3 Å². The van der Waals surface area contributed by atoms with Crippen LogP contribution in [0.3, 0.4) is 0 Å². The van der Waals surface area contributed by atoms with Gasteiger partial charge in [-0.3, -0.25) is 0 Å². The van der Waals surface area contributed by atoms with Crippen LogP contribution in [0.5, 0.6) is 11.5 Å². The van der Waals surface area contributed by atoms with Crippen LogP contribution < -0.4 is 20.1 Å². The van der Waals surface area contributed by atoms with Crippen molar-refractivity contribution in [1.82, 2.24) is 10.2 Å². The van der Waals surface area contributed by atoms with Crippen molar-refractivity contribution in [2.24, 2.45) is 0 Å². The molecule has 6 nitrogen and oxygen atoms in total. The number of ether oxygens (including phenoxy) is 2. The van der Waals surface area contributed by atoms with E-state index in [2.05, 4.69) is 10.2 Å². The molecule has 0 bridgehead atoms. The highest BCUT2D eigenvalue weighted by Gasteiger charge is 2.23. The number of likely N-dealkylation sites (N-methyl/N-ethyl adjacent to an activating group) is 1. The minimum absolute atomic E-state index is 0.0370. The minimum atomic E-state index is -0.0370. The highest BCUT2D eigenvalue weighted by molar-refractivity contribution is 7.18. The number of nitrogens with two attached hydrogens (primary N) is 1. The van der Waals surface area contributed by atoms with Crippen LogP contribution in [-0.2, 0) is 0 Å². The Bertz CT molecular complexity index is 574. The molecule has 0 radical (unpaired) electrons. The van der Waals surface area contributed by atoms with E-state index in [4.69, 9.17) is 15.2 Å². The number of fused-ring (bicyclic) bond motifs is 1. The summed E-state index contributed by atoms with van der Waals surface area (Å²) in [7, 11) is 1.93. The molecule has 0 amide bonds. The van der Waals surface area contributed by atoms with E-state index in [1.54, 1.807) is 0 Å². The average Bonchev–Trinajstić information content (AvgIpc) is 2.85. The first-order valence-electron chi connectivity index (χ1n) is 5.91. The van der Waals surface area contributed by atoms with Gasteiger partial charge in [0.2, 0.25) is 10.3 Å². The number of rotatable bonds is 3. The van der Waals surface area contributed by atoms with E-state index < -0.39 is 0 Å². The Morgan fingerprint density at radius 2 is 2.16 bits per heavy atom. The van der Waals surface area contributed by atoms with Gasteiger partial charge in [0.15, 0.2) is 17.6 Å². The molecule has 0 saturated heterocycles. The van der Waals surface area contributed by atoms with E-state index in [-0.39, 0.29) is 6.10 Å². The van der Waals surface area contributed by atoms with Crippen molar-refractivity contribution >= 4 is 21.6 Å². The molecule has 19 heavy (non-hydrogen) atoms. The third kappa shape index (κ3) is 2.55. The quantitative estimate of drug-likeness (QED) is 0.914. The summed E-state index contributed by atoms with van der Waals surface area (Å²) in [6, 6.07) is 7.67. The van der Waals surface area contributed by atoms with Crippen LogP contribution in [0, 0.1) is 0 Å². The van der Waals surface area contributed by atoms with Crippen LogP contribution in [0.1, 0.15) is 0 Å². The summed E-state index contributed by atoms with van der Waals surface area (Å²) in [6.45, 7) is 1.19. The first-order chi connectivity index (χ1) is 9.22. The van der Waals surface area contributed by atoms with Crippen molar-refractivity contribution in [2.75, 3.05) is 30.8 Å². The predicted molar refractivity (Wildman–Crippen MR) is 73.9 cm³/mol. The average molecular weight is 278 g/mol. The zero-order valence-electron chi connectivity index (χ0n) is 10.4. The van der Waals surface area contributed by atoms with E-state index in [0.717, 1.165) is 16.6 Å². The molecule has 0 saturated carbocycles. The second-order valence-corrected chi connectivity index (χ2v) is 5.29. The molecular weight excluding hydrogens is 264 g/mol. The summed E-state index contributed by atoms with van der Waals surface area (Å²) < 4.78 is 11.6. The van der Waals surface area contributed by atoms with E-state index in [1.165, 1.54) is 11.3 Å². The molecule has 2 N–H and O–H groups in total. The van der Waals surface area contributed by atoms with Gasteiger partial charge in [-0.2, -0.15) is 0 Å². The van der Waals surface area contributed by atoms with E-state index >= 15 is 0 Å². The van der Waals surface area contributed by atoms with Crippen molar-refractivity contribution in [2.45, 2.75) is 6.10 Å². The second kappa shape index (κ2) is 4.93. The lowest BCUT2D eigenvalue weighted by Crippen LogP contribution is -2.39. The standard InChI is InChI=1S/C12H14N4O2S/c1-16(12-15-14-11(13)19-12)6-8-7-17-9-4-2-3-5-10(9)18-8/h2-5,8H,6-7H2,1H3,(H2,13,14). The number of hydrogen-bond acceptors (Lipinski definition) is 7. The maximum absolute atomic E-state index is 5.89. The molecule has 7 heteroatoms. The van der Waals surface area contributed by atoms with Crippen molar-refractivity contribution in [3.8, 4) is 11.5 Å². The fourth-order valence-corrected chi connectivity index (χ4v) is 2.50. The Labute approximate surface area is 114 Å². The van der Waals surface area contributed by atoms with Crippen molar-refractivity contribution < 1.29 is 9.47 Å². The minimum Gasteiger partial charge on any atom is -0.486 e. The number of anilines is 2. The van der Waals surface area contributed by atoms with Crippen molar-refractivity contribution in [3.63, 3.8) is 0 Å². The molecule has 1 unspecified atom stereocenters. The molecule has 0 spiro atoms. The van der Waals surface area contributed by atoms with Crippen LogP contribution in [0.25, 0.3) is 0 Å². The molecule has 3 rings (SSSR count). The molecule has 1 aromatic heterocycles. The molecule has 100 valence electrons. The van der Waals surface area contributed by atoms with Gasteiger partial charge in [0, 0.05) is 7.05 Å². The number of hydrogen-bond donors (Lipinski definition) is 1. The van der Waals surface area contributed by atoms with Gasteiger partial charge >= 0.3 is 0 Å². The molecule has 1 aromatic carbocycles. The highest BCUT2D eigenvalue weighted by atomic mass is 32.1. The van der Waals surface area contributed by atoms with Gasteiger partial charge < -0.3 is 20.1 Å². The lowest BCUT2D eigenvalue weighted by atomic mass is 10.2. The molecule has 1 aliphatic heterocycles. The molecule has 2 aromatic rings. The number of benzene rings is 1. The number of nitrogen functional groups attached to an aromatic ring is 1. The smallest absolute Gasteiger partial charge is 0.209 e. The molecule has 1 atom stereocenters. The summed E-state index contributed by atoms with van der Waals surface area (Å²) >= 11 is 1.36. The van der Waals surface area contributed by atoms with Crippen molar-refractivity contribution in [3.05, 3.63) is 24.3 Å². The second-order valence-electron chi connectivity index (χ2n) is 4.30. The van der Waals surface area contributed by atoms with Crippen LogP contribution in [0.15, 0.2) is 24.3 Å². The van der Waals surface area contributed by atoms with Gasteiger partial charge in [0.05, 0.1) is 6.54 Å². The number of para-hydroxylation sites is 2. The third-order valence-corrected chi connectivity index (χ3v) is 3.67. The van der Waals surface area contributed by atoms with Gasteiger partial charge in [-0.05, 0) is 12.1 Å². The Morgan fingerprint density at radius 3 is 2.89 bits per heavy atom. The van der Waals surface area contributed by atoms with Gasteiger partial charge in [-0.1, -0.05) is 23.5 Å². The zero-order valence-corrected chi connectivity index (χ0v) is 11.3. The first-order valence-corrected chi connectivity index (χ1v) is 6.72. The third-order valence-electron chi connectivity index (χ3n) is 2.80. The summed E-state index contributed by atoms with van der Waals surface area (Å²) in [5.41, 5.74) is 5.58.